The minimum Gasteiger partial charge on any atom is -0.462 e. The van der Waals surface area contributed by atoms with Gasteiger partial charge in [0.05, 0.1) is 29.9 Å². The van der Waals surface area contributed by atoms with Gasteiger partial charge in [-0.15, -0.1) is 0 Å². The smallest absolute Gasteiger partial charge is 0.350 e. The summed E-state index contributed by atoms with van der Waals surface area (Å²) in [5, 5.41) is 3.78. The number of anilines is 1. The number of ether oxygens (including phenoxy) is 1. The zero-order valence-corrected chi connectivity index (χ0v) is 17.4. The summed E-state index contributed by atoms with van der Waals surface area (Å²) in [5.74, 6) is -0.798. The molecule has 3 heterocycles. The Morgan fingerprint density at radius 3 is 2.86 bits per heavy atom. The molecule has 0 aromatic carbocycles. The van der Waals surface area contributed by atoms with E-state index in [2.05, 4.69) is 15.3 Å². The van der Waals surface area contributed by atoms with E-state index in [-0.39, 0.29) is 19.1 Å². The molecule has 1 fully saturated rings. The number of alkyl halides is 1. The highest BCUT2D eigenvalue weighted by Crippen LogP contribution is 2.29. The SMILES string of the molecule is CCOC(=O)c1sc(N2CC[C@@H](NC(=O)c3cc(Cl)c(C)[nH]3)[C@@H](F)C2)nc1C. The van der Waals surface area contributed by atoms with E-state index >= 15 is 0 Å². The Labute approximate surface area is 171 Å². The molecule has 0 aliphatic carbocycles. The first kappa shape index (κ1) is 20.6. The van der Waals surface area contributed by atoms with Crippen LogP contribution in [0.5, 0.6) is 0 Å². The van der Waals surface area contributed by atoms with Gasteiger partial charge in [0.25, 0.3) is 5.91 Å². The highest BCUT2D eigenvalue weighted by atomic mass is 35.5. The number of esters is 1. The van der Waals surface area contributed by atoms with Crippen LogP contribution in [0, 0.1) is 13.8 Å². The number of thiazole rings is 1. The second-order valence-corrected chi connectivity index (χ2v) is 8.00. The first-order valence-corrected chi connectivity index (χ1v) is 10.2. The molecule has 0 bridgehead atoms. The lowest BCUT2D eigenvalue weighted by molar-refractivity contribution is 0.0531. The molecule has 2 N–H and O–H groups in total. The van der Waals surface area contributed by atoms with E-state index in [0.29, 0.717) is 45.1 Å². The fourth-order valence-corrected chi connectivity index (χ4v) is 4.20. The van der Waals surface area contributed by atoms with E-state index in [4.69, 9.17) is 16.3 Å². The molecule has 1 aliphatic heterocycles. The molecule has 1 amide bonds. The number of aromatic amines is 1. The van der Waals surface area contributed by atoms with Gasteiger partial charge in [0, 0.05) is 12.2 Å². The maximum atomic E-state index is 14.7. The zero-order valence-electron chi connectivity index (χ0n) is 15.8. The maximum Gasteiger partial charge on any atom is 0.350 e. The minimum atomic E-state index is -1.26. The standard InChI is InChI=1S/C18H22ClFN4O3S/c1-4-27-17(26)15-10(3)22-18(28-15)24-6-5-13(12(20)8-24)23-16(25)14-7-11(19)9(2)21-14/h7,12-13,21H,4-6,8H2,1-3H3,(H,23,25)/t12-,13+/m0/s1. The molecule has 0 radical (unpaired) electrons. The van der Waals surface area contributed by atoms with Crippen LogP contribution < -0.4 is 10.2 Å². The number of H-pyrrole nitrogens is 1. The van der Waals surface area contributed by atoms with Crippen LogP contribution in [0.4, 0.5) is 9.52 Å². The van der Waals surface area contributed by atoms with Gasteiger partial charge in [-0.05, 0) is 33.3 Å². The molecule has 7 nitrogen and oxygen atoms in total. The Hall–Kier alpha value is -2.13. The molecule has 2 aromatic rings. The summed E-state index contributed by atoms with van der Waals surface area (Å²) < 4.78 is 19.7. The Morgan fingerprint density at radius 1 is 1.50 bits per heavy atom. The average Bonchev–Trinajstić information content (AvgIpc) is 3.19. The van der Waals surface area contributed by atoms with Crippen LogP contribution in [-0.4, -0.2) is 53.8 Å². The number of rotatable bonds is 5. The molecule has 0 spiro atoms. The summed E-state index contributed by atoms with van der Waals surface area (Å²) in [7, 11) is 0. The second-order valence-electron chi connectivity index (χ2n) is 6.62. The van der Waals surface area contributed by atoms with E-state index in [1.807, 2.05) is 0 Å². The van der Waals surface area contributed by atoms with E-state index in [1.54, 1.807) is 25.7 Å². The molecule has 2 aromatic heterocycles. The van der Waals surface area contributed by atoms with Gasteiger partial charge in [0.2, 0.25) is 0 Å². The largest absolute Gasteiger partial charge is 0.462 e. The molecule has 3 rings (SSSR count). The van der Waals surface area contributed by atoms with Crippen molar-refractivity contribution in [2.45, 2.75) is 39.4 Å². The van der Waals surface area contributed by atoms with Crippen molar-refractivity contribution in [1.82, 2.24) is 15.3 Å². The van der Waals surface area contributed by atoms with E-state index in [1.165, 1.54) is 17.4 Å². The van der Waals surface area contributed by atoms with Crippen LogP contribution in [0.25, 0.3) is 0 Å². The Morgan fingerprint density at radius 2 is 2.25 bits per heavy atom. The van der Waals surface area contributed by atoms with Crippen LogP contribution in [0.1, 0.15) is 44.9 Å². The van der Waals surface area contributed by atoms with Gasteiger partial charge in [0.15, 0.2) is 5.13 Å². The maximum absolute atomic E-state index is 14.7. The third-order valence-electron chi connectivity index (χ3n) is 4.57. The first-order valence-electron chi connectivity index (χ1n) is 8.99. The van der Waals surface area contributed by atoms with E-state index in [0.717, 1.165) is 0 Å². The zero-order chi connectivity index (χ0) is 20.4. The summed E-state index contributed by atoms with van der Waals surface area (Å²) in [6.45, 7) is 6.13. The fourth-order valence-electron chi connectivity index (χ4n) is 3.05. The Balaban J connectivity index is 1.63. The van der Waals surface area contributed by atoms with Gasteiger partial charge in [-0.3, -0.25) is 4.79 Å². The molecule has 152 valence electrons. The minimum absolute atomic E-state index is 0.0880. The summed E-state index contributed by atoms with van der Waals surface area (Å²) >= 11 is 7.16. The Bertz CT molecular complexity index is 865. The molecular formula is C18H22ClFN4O3S. The summed E-state index contributed by atoms with van der Waals surface area (Å²) in [5.41, 5.74) is 1.57. The number of aryl methyl sites for hydroxylation is 2. The van der Waals surface area contributed by atoms with Crippen molar-refractivity contribution >= 4 is 39.9 Å². The third-order valence-corrected chi connectivity index (χ3v) is 6.16. The van der Waals surface area contributed by atoms with Crippen molar-refractivity contribution in [1.29, 1.82) is 0 Å². The number of carbonyl (C=O) groups excluding carboxylic acids is 2. The number of aromatic nitrogens is 2. The van der Waals surface area contributed by atoms with Gasteiger partial charge in [-0.2, -0.15) is 0 Å². The lowest BCUT2D eigenvalue weighted by atomic mass is 10.0. The predicted octanol–water partition coefficient (Wildman–Crippen LogP) is 3.26. The number of piperidine rings is 1. The van der Waals surface area contributed by atoms with Gasteiger partial charge >= 0.3 is 5.97 Å². The second kappa shape index (κ2) is 8.48. The first-order chi connectivity index (χ1) is 13.3. The quantitative estimate of drug-likeness (QED) is 0.714. The van der Waals surface area contributed by atoms with Crippen LogP contribution in [0.15, 0.2) is 6.07 Å². The molecule has 1 saturated heterocycles. The number of nitrogens with zero attached hydrogens (tertiary/aromatic N) is 2. The third kappa shape index (κ3) is 4.30. The van der Waals surface area contributed by atoms with Crippen molar-refractivity contribution in [2.24, 2.45) is 0 Å². The topological polar surface area (TPSA) is 87.3 Å². The fraction of sp³-hybridized carbons (Fsp3) is 0.500. The summed E-state index contributed by atoms with van der Waals surface area (Å²) in [6.07, 6.45) is -0.840. The van der Waals surface area contributed by atoms with Gasteiger partial charge in [-0.1, -0.05) is 22.9 Å². The van der Waals surface area contributed by atoms with Crippen molar-refractivity contribution < 1.29 is 18.7 Å². The van der Waals surface area contributed by atoms with Crippen LogP contribution in [0.3, 0.4) is 0 Å². The number of nitrogens with one attached hydrogen (secondary N) is 2. The number of hydrogen-bond acceptors (Lipinski definition) is 6. The average molecular weight is 429 g/mol. The lowest BCUT2D eigenvalue weighted by Crippen LogP contribution is -2.52. The van der Waals surface area contributed by atoms with Crippen molar-refractivity contribution in [2.75, 3.05) is 24.6 Å². The number of carbonyl (C=O) groups is 2. The monoisotopic (exact) mass is 428 g/mol. The molecule has 10 heteroatoms. The molecule has 2 atom stereocenters. The molecule has 28 heavy (non-hydrogen) atoms. The van der Waals surface area contributed by atoms with E-state index in [9.17, 15) is 14.0 Å². The normalized spacial score (nSPS) is 19.5. The van der Waals surface area contributed by atoms with Gasteiger partial charge < -0.3 is 19.9 Å². The van der Waals surface area contributed by atoms with Gasteiger partial charge in [0.1, 0.15) is 16.7 Å². The number of hydrogen-bond donors (Lipinski definition) is 2. The summed E-state index contributed by atoms with van der Waals surface area (Å²) in [4.78, 5) is 33.8. The highest BCUT2D eigenvalue weighted by Gasteiger charge is 2.33. The van der Waals surface area contributed by atoms with E-state index < -0.39 is 18.2 Å². The highest BCUT2D eigenvalue weighted by molar-refractivity contribution is 7.17. The van der Waals surface area contributed by atoms with Crippen LogP contribution in [0.2, 0.25) is 5.02 Å². The summed E-state index contributed by atoms with van der Waals surface area (Å²) in [6, 6.07) is 0.931. The molecular weight excluding hydrogens is 407 g/mol. The van der Waals surface area contributed by atoms with Crippen molar-refractivity contribution in [3.63, 3.8) is 0 Å². The number of halogens is 2. The van der Waals surface area contributed by atoms with Crippen LogP contribution >= 0.6 is 22.9 Å². The molecule has 0 unspecified atom stereocenters. The van der Waals surface area contributed by atoms with Gasteiger partial charge in [-0.25, -0.2) is 14.2 Å². The van der Waals surface area contributed by atoms with Crippen molar-refractivity contribution in [3.8, 4) is 0 Å². The molecule has 0 saturated carbocycles. The van der Waals surface area contributed by atoms with Crippen LogP contribution in [-0.2, 0) is 4.74 Å². The predicted molar refractivity (Wildman–Crippen MR) is 106 cm³/mol. The Kier molecular flexibility index (Phi) is 6.24. The molecule has 1 aliphatic rings. The van der Waals surface area contributed by atoms with Crippen molar-refractivity contribution in [3.05, 3.63) is 33.0 Å². The number of amides is 1. The lowest BCUT2D eigenvalue weighted by Gasteiger charge is -2.34.